The first-order valence-corrected chi connectivity index (χ1v) is 4.25. The lowest BCUT2D eigenvalue weighted by atomic mass is 10.1. The van der Waals surface area contributed by atoms with E-state index in [1.165, 1.54) is 12.8 Å². The standard InChI is InChI=1S/C8H18N2/c1-2-3-7(9)4-6-5-8(6)10/h6-8H,2-5,9-10H2,1H3. The first kappa shape index (κ1) is 8.02. The van der Waals surface area contributed by atoms with E-state index >= 15 is 0 Å². The molecular weight excluding hydrogens is 124 g/mol. The van der Waals surface area contributed by atoms with Gasteiger partial charge in [-0.1, -0.05) is 13.3 Å². The average Bonchev–Trinajstić information content (AvgIpc) is 2.47. The fourth-order valence-electron chi connectivity index (χ4n) is 1.42. The minimum absolute atomic E-state index is 0.406. The summed E-state index contributed by atoms with van der Waals surface area (Å²) < 4.78 is 0. The van der Waals surface area contributed by atoms with E-state index in [1.807, 2.05) is 0 Å². The summed E-state index contributed by atoms with van der Waals surface area (Å²) in [6.07, 6.45) is 4.71. The molecule has 0 aromatic carbocycles. The normalized spacial score (nSPS) is 33.9. The molecule has 0 saturated heterocycles. The summed E-state index contributed by atoms with van der Waals surface area (Å²) >= 11 is 0. The zero-order valence-corrected chi connectivity index (χ0v) is 6.72. The van der Waals surface area contributed by atoms with Crippen LogP contribution >= 0.6 is 0 Å². The van der Waals surface area contributed by atoms with E-state index in [0.717, 1.165) is 18.8 Å². The van der Waals surface area contributed by atoms with Crippen molar-refractivity contribution in [2.24, 2.45) is 17.4 Å². The molecule has 3 unspecified atom stereocenters. The second kappa shape index (κ2) is 3.35. The Kier molecular flexibility index (Phi) is 2.69. The molecule has 0 aromatic rings. The van der Waals surface area contributed by atoms with Crippen LogP contribution in [0, 0.1) is 5.92 Å². The van der Waals surface area contributed by atoms with Crippen molar-refractivity contribution >= 4 is 0 Å². The maximum atomic E-state index is 5.83. The monoisotopic (exact) mass is 142 g/mol. The van der Waals surface area contributed by atoms with Gasteiger partial charge in [0.05, 0.1) is 0 Å². The summed E-state index contributed by atoms with van der Waals surface area (Å²) in [6, 6.07) is 0.881. The summed E-state index contributed by atoms with van der Waals surface area (Å²) in [4.78, 5) is 0. The third-order valence-electron chi connectivity index (χ3n) is 2.24. The quantitative estimate of drug-likeness (QED) is 0.611. The summed E-state index contributed by atoms with van der Waals surface area (Å²) in [6.45, 7) is 2.17. The minimum atomic E-state index is 0.406. The van der Waals surface area contributed by atoms with Crippen LogP contribution in [-0.4, -0.2) is 12.1 Å². The molecule has 0 bridgehead atoms. The van der Waals surface area contributed by atoms with Crippen LogP contribution in [0.15, 0.2) is 0 Å². The molecule has 10 heavy (non-hydrogen) atoms. The molecule has 3 atom stereocenters. The lowest BCUT2D eigenvalue weighted by Gasteiger charge is -2.07. The zero-order chi connectivity index (χ0) is 7.56. The van der Waals surface area contributed by atoms with E-state index in [4.69, 9.17) is 11.5 Å². The van der Waals surface area contributed by atoms with E-state index < -0.39 is 0 Å². The summed E-state index contributed by atoms with van der Waals surface area (Å²) in [5.41, 5.74) is 11.5. The predicted octanol–water partition coefficient (Wildman–Crippen LogP) is 0.851. The summed E-state index contributed by atoms with van der Waals surface area (Å²) in [7, 11) is 0. The highest BCUT2D eigenvalue weighted by atomic mass is 14.8. The SMILES string of the molecule is CCCC(N)CC1CC1N. The van der Waals surface area contributed by atoms with Crippen LogP contribution in [0.5, 0.6) is 0 Å². The van der Waals surface area contributed by atoms with Gasteiger partial charge in [0.15, 0.2) is 0 Å². The highest BCUT2D eigenvalue weighted by molar-refractivity contribution is 4.91. The van der Waals surface area contributed by atoms with Gasteiger partial charge in [-0.2, -0.15) is 0 Å². The Labute approximate surface area is 63.0 Å². The molecule has 2 heteroatoms. The van der Waals surface area contributed by atoms with Gasteiger partial charge >= 0.3 is 0 Å². The molecule has 1 rings (SSSR count). The lowest BCUT2D eigenvalue weighted by Crippen LogP contribution is -2.21. The summed E-state index contributed by atoms with van der Waals surface area (Å²) in [5, 5.41) is 0. The van der Waals surface area contributed by atoms with Gasteiger partial charge in [-0.25, -0.2) is 0 Å². The van der Waals surface area contributed by atoms with Crippen LogP contribution in [-0.2, 0) is 0 Å². The molecule has 4 N–H and O–H groups in total. The van der Waals surface area contributed by atoms with Crippen molar-refractivity contribution in [3.05, 3.63) is 0 Å². The number of rotatable bonds is 4. The third-order valence-corrected chi connectivity index (χ3v) is 2.24. The van der Waals surface area contributed by atoms with Crippen molar-refractivity contribution in [1.82, 2.24) is 0 Å². The van der Waals surface area contributed by atoms with Gasteiger partial charge in [-0.15, -0.1) is 0 Å². The van der Waals surface area contributed by atoms with Gasteiger partial charge in [0.2, 0.25) is 0 Å². The number of hydrogen-bond acceptors (Lipinski definition) is 2. The second-order valence-corrected chi connectivity index (χ2v) is 3.44. The molecule has 0 aliphatic heterocycles. The zero-order valence-electron chi connectivity index (χ0n) is 6.72. The van der Waals surface area contributed by atoms with E-state index in [0.29, 0.717) is 12.1 Å². The molecule has 1 aliphatic rings. The van der Waals surface area contributed by atoms with Crippen LogP contribution in [0.1, 0.15) is 32.6 Å². The van der Waals surface area contributed by atoms with Crippen molar-refractivity contribution in [1.29, 1.82) is 0 Å². The van der Waals surface area contributed by atoms with Crippen LogP contribution in [0.2, 0.25) is 0 Å². The lowest BCUT2D eigenvalue weighted by molar-refractivity contribution is 0.520. The maximum Gasteiger partial charge on any atom is 0.00715 e. The molecule has 1 aliphatic carbocycles. The van der Waals surface area contributed by atoms with Crippen molar-refractivity contribution in [3.8, 4) is 0 Å². The smallest absolute Gasteiger partial charge is 0.00715 e. The molecule has 0 radical (unpaired) electrons. The van der Waals surface area contributed by atoms with Crippen molar-refractivity contribution < 1.29 is 0 Å². The Morgan fingerprint density at radius 2 is 2.20 bits per heavy atom. The third kappa shape index (κ3) is 2.27. The number of nitrogens with two attached hydrogens (primary N) is 2. The van der Waals surface area contributed by atoms with Crippen LogP contribution in [0.3, 0.4) is 0 Å². The van der Waals surface area contributed by atoms with Crippen molar-refractivity contribution in [2.45, 2.75) is 44.7 Å². The van der Waals surface area contributed by atoms with E-state index in [2.05, 4.69) is 6.92 Å². The van der Waals surface area contributed by atoms with Gasteiger partial charge in [-0.05, 0) is 25.2 Å². The van der Waals surface area contributed by atoms with Gasteiger partial charge in [-0.3, -0.25) is 0 Å². The van der Waals surface area contributed by atoms with Crippen LogP contribution in [0.25, 0.3) is 0 Å². The first-order chi connectivity index (χ1) is 4.74. The molecular formula is C8H18N2. The van der Waals surface area contributed by atoms with Crippen molar-refractivity contribution in [3.63, 3.8) is 0 Å². The van der Waals surface area contributed by atoms with E-state index in [-0.39, 0.29) is 0 Å². The van der Waals surface area contributed by atoms with Crippen LogP contribution in [0.4, 0.5) is 0 Å². The fraction of sp³-hybridized carbons (Fsp3) is 1.00. The Balaban J connectivity index is 2.01. The molecule has 0 aromatic heterocycles. The molecule has 0 amide bonds. The maximum absolute atomic E-state index is 5.83. The molecule has 2 nitrogen and oxygen atoms in total. The molecule has 0 heterocycles. The van der Waals surface area contributed by atoms with Gasteiger partial charge in [0.1, 0.15) is 0 Å². The largest absolute Gasteiger partial charge is 0.328 e. The highest BCUT2D eigenvalue weighted by Crippen LogP contribution is 2.32. The topological polar surface area (TPSA) is 52.0 Å². The minimum Gasteiger partial charge on any atom is -0.328 e. The average molecular weight is 142 g/mol. The van der Waals surface area contributed by atoms with Gasteiger partial charge in [0.25, 0.3) is 0 Å². The Morgan fingerprint density at radius 3 is 2.60 bits per heavy atom. The number of hydrogen-bond donors (Lipinski definition) is 2. The van der Waals surface area contributed by atoms with E-state index in [1.54, 1.807) is 0 Å². The van der Waals surface area contributed by atoms with Gasteiger partial charge in [0, 0.05) is 12.1 Å². The Bertz CT molecular complexity index is 103. The molecule has 1 fully saturated rings. The Hall–Kier alpha value is -0.0800. The first-order valence-electron chi connectivity index (χ1n) is 4.25. The highest BCUT2D eigenvalue weighted by Gasteiger charge is 2.33. The van der Waals surface area contributed by atoms with Gasteiger partial charge < -0.3 is 11.5 Å². The second-order valence-electron chi connectivity index (χ2n) is 3.44. The fourth-order valence-corrected chi connectivity index (χ4v) is 1.42. The predicted molar refractivity (Wildman–Crippen MR) is 43.6 cm³/mol. The van der Waals surface area contributed by atoms with Crippen molar-refractivity contribution in [2.75, 3.05) is 0 Å². The molecule has 0 spiro atoms. The molecule has 1 saturated carbocycles. The van der Waals surface area contributed by atoms with E-state index in [9.17, 15) is 0 Å². The van der Waals surface area contributed by atoms with Crippen LogP contribution < -0.4 is 11.5 Å². The molecule has 60 valence electrons. The summed E-state index contributed by atoms with van der Waals surface area (Å²) in [5.74, 6) is 0.751. The Morgan fingerprint density at radius 1 is 1.60 bits per heavy atom.